The zero-order valence-electron chi connectivity index (χ0n) is 14.8. The number of carbonyl (C=O) groups is 2. The molecule has 0 unspecified atom stereocenters. The number of thioether (sulfide) groups is 1. The summed E-state index contributed by atoms with van der Waals surface area (Å²) >= 11 is 1.32. The smallest absolute Gasteiger partial charge is 0.234 e. The molecular weight excluding hydrogens is 352 g/mol. The molecule has 3 rings (SSSR count). The Morgan fingerprint density at radius 3 is 2.35 bits per heavy atom. The standard InChI is InChI=1S/C17H22N6O2S/c1-11(2)9-15(24)18-12-3-5-13(6-4-12)19-16(25)10-26-17-20-21-22-23(17)14-7-8-14/h3-6,11,14H,7-10H2,1-2H3,(H,18,24)(H,19,25). The first kappa shape index (κ1) is 18.4. The maximum atomic E-state index is 12.1. The second-order valence-electron chi connectivity index (χ2n) is 6.70. The normalized spacial score (nSPS) is 13.7. The van der Waals surface area contributed by atoms with E-state index in [2.05, 4.69) is 26.2 Å². The van der Waals surface area contributed by atoms with Crippen LogP contribution in [0.3, 0.4) is 0 Å². The Kier molecular flexibility index (Phi) is 5.87. The van der Waals surface area contributed by atoms with Gasteiger partial charge < -0.3 is 10.6 Å². The van der Waals surface area contributed by atoms with Gasteiger partial charge in [0.2, 0.25) is 17.0 Å². The molecular formula is C17H22N6O2S. The molecule has 1 aliphatic rings. The van der Waals surface area contributed by atoms with Gasteiger partial charge in [-0.05, 0) is 53.5 Å². The second kappa shape index (κ2) is 8.31. The molecule has 2 amide bonds. The van der Waals surface area contributed by atoms with Crippen LogP contribution in [0.2, 0.25) is 0 Å². The van der Waals surface area contributed by atoms with Crippen LogP contribution in [-0.4, -0.2) is 37.8 Å². The summed E-state index contributed by atoms with van der Waals surface area (Å²) in [5, 5.41) is 17.9. The second-order valence-corrected chi connectivity index (χ2v) is 7.64. The molecule has 1 fully saturated rings. The number of amides is 2. The van der Waals surface area contributed by atoms with E-state index in [4.69, 9.17) is 0 Å². The van der Waals surface area contributed by atoms with Crippen LogP contribution in [0.4, 0.5) is 11.4 Å². The molecule has 0 aliphatic heterocycles. The minimum atomic E-state index is -0.128. The molecule has 9 heteroatoms. The van der Waals surface area contributed by atoms with Crippen LogP contribution in [0, 0.1) is 5.92 Å². The van der Waals surface area contributed by atoms with Crippen LogP contribution in [0.15, 0.2) is 29.4 Å². The summed E-state index contributed by atoms with van der Waals surface area (Å²) < 4.78 is 1.78. The van der Waals surface area contributed by atoms with Gasteiger partial charge in [0.1, 0.15) is 0 Å². The van der Waals surface area contributed by atoms with Gasteiger partial charge in [-0.25, -0.2) is 4.68 Å². The molecule has 8 nitrogen and oxygen atoms in total. The summed E-state index contributed by atoms with van der Waals surface area (Å²) in [6.45, 7) is 4.00. The molecule has 1 aliphatic carbocycles. The molecule has 2 N–H and O–H groups in total. The van der Waals surface area contributed by atoms with Crippen LogP contribution in [0.1, 0.15) is 39.2 Å². The lowest BCUT2D eigenvalue weighted by molar-refractivity contribution is -0.117. The summed E-state index contributed by atoms with van der Waals surface area (Å²) in [7, 11) is 0. The van der Waals surface area contributed by atoms with E-state index in [0.717, 1.165) is 12.8 Å². The summed E-state index contributed by atoms with van der Waals surface area (Å²) in [6.07, 6.45) is 2.66. The van der Waals surface area contributed by atoms with Crippen molar-refractivity contribution in [3.63, 3.8) is 0 Å². The summed E-state index contributed by atoms with van der Waals surface area (Å²) in [5.41, 5.74) is 1.39. The summed E-state index contributed by atoms with van der Waals surface area (Å²) in [6, 6.07) is 7.46. The highest BCUT2D eigenvalue weighted by molar-refractivity contribution is 7.99. The van der Waals surface area contributed by atoms with E-state index in [1.54, 1.807) is 28.9 Å². The molecule has 138 valence electrons. The summed E-state index contributed by atoms with van der Waals surface area (Å²) in [5.74, 6) is 0.408. The predicted octanol–water partition coefficient (Wildman–Crippen LogP) is 2.72. The van der Waals surface area contributed by atoms with Crippen molar-refractivity contribution >= 4 is 35.0 Å². The number of carbonyl (C=O) groups excluding carboxylic acids is 2. The average Bonchev–Trinajstić information content (AvgIpc) is 3.32. The van der Waals surface area contributed by atoms with Crippen molar-refractivity contribution < 1.29 is 9.59 Å². The number of benzene rings is 1. The van der Waals surface area contributed by atoms with Crippen molar-refractivity contribution in [2.45, 2.75) is 44.3 Å². The highest BCUT2D eigenvalue weighted by Gasteiger charge is 2.28. The zero-order valence-corrected chi connectivity index (χ0v) is 15.6. The Hall–Kier alpha value is -2.42. The van der Waals surface area contributed by atoms with Crippen molar-refractivity contribution in [1.82, 2.24) is 20.2 Å². The van der Waals surface area contributed by atoms with E-state index in [-0.39, 0.29) is 17.6 Å². The molecule has 0 spiro atoms. The van der Waals surface area contributed by atoms with E-state index in [1.165, 1.54) is 11.8 Å². The van der Waals surface area contributed by atoms with Gasteiger partial charge in [-0.1, -0.05) is 25.6 Å². The zero-order chi connectivity index (χ0) is 18.5. The molecule has 1 heterocycles. The van der Waals surface area contributed by atoms with Crippen LogP contribution in [0.25, 0.3) is 0 Å². The highest BCUT2D eigenvalue weighted by Crippen LogP contribution is 2.36. The first-order valence-corrected chi connectivity index (χ1v) is 9.60. The van der Waals surface area contributed by atoms with Crippen molar-refractivity contribution in [2.24, 2.45) is 5.92 Å². The SMILES string of the molecule is CC(C)CC(=O)Nc1ccc(NC(=O)CSc2nnnn2C2CC2)cc1. The van der Waals surface area contributed by atoms with Crippen LogP contribution >= 0.6 is 11.8 Å². The number of rotatable bonds is 8. The number of hydrogen-bond donors (Lipinski definition) is 2. The molecule has 0 saturated heterocycles. The lowest BCUT2D eigenvalue weighted by Gasteiger charge is -2.09. The van der Waals surface area contributed by atoms with E-state index in [9.17, 15) is 9.59 Å². The molecule has 0 bridgehead atoms. The molecule has 0 atom stereocenters. The van der Waals surface area contributed by atoms with Crippen molar-refractivity contribution in [2.75, 3.05) is 16.4 Å². The predicted molar refractivity (Wildman–Crippen MR) is 100.0 cm³/mol. The minimum Gasteiger partial charge on any atom is -0.326 e. The van der Waals surface area contributed by atoms with Crippen molar-refractivity contribution in [1.29, 1.82) is 0 Å². The molecule has 0 radical (unpaired) electrons. The minimum absolute atomic E-state index is 0.0124. The van der Waals surface area contributed by atoms with Gasteiger partial charge in [-0.15, -0.1) is 5.10 Å². The van der Waals surface area contributed by atoms with Gasteiger partial charge >= 0.3 is 0 Å². The number of hydrogen-bond acceptors (Lipinski definition) is 6. The van der Waals surface area contributed by atoms with Crippen LogP contribution < -0.4 is 10.6 Å². The highest BCUT2D eigenvalue weighted by atomic mass is 32.2. The Bertz CT molecular complexity index is 770. The number of anilines is 2. The monoisotopic (exact) mass is 374 g/mol. The quantitative estimate of drug-likeness (QED) is 0.689. The van der Waals surface area contributed by atoms with Crippen LogP contribution in [-0.2, 0) is 9.59 Å². The maximum absolute atomic E-state index is 12.1. The largest absolute Gasteiger partial charge is 0.326 e. The first-order valence-electron chi connectivity index (χ1n) is 8.61. The Labute approximate surface area is 156 Å². The fourth-order valence-corrected chi connectivity index (χ4v) is 3.12. The fourth-order valence-electron chi connectivity index (χ4n) is 2.38. The molecule has 1 aromatic carbocycles. The Morgan fingerprint density at radius 2 is 1.77 bits per heavy atom. The first-order chi connectivity index (χ1) is 12.5. The van der Waals surface area contributed by atoms with Gasteiger partial charge in [-0.2, -0.15) is 0 Å². The third-order valence-corrected chi connectivity index (χ3v) is 4.67. The van der Waals surface area contributed by atoms with Gasteiger partial charge in [0, 0.05) is 17.8 Å². The molecule has 26 heavy (non-hydrogen) atoms. The lowest BCUT2D eigenvalue weighted by atomic mass is 10.1. The fraction of sp³-hybridized carbons (Fsp3) is 0.471. The third kappa shape index (κ3) is 5.29. The number of nitrogens with zero attached hydrogens (tertiary/aromatic N) is 4. The number of tetrazole rings is 1. The van der Waals surface area contributed by atoms with Gasteiger partial charge in [-0.3, -0.25) is 9.59 Å². The van der Waals surface area contributed by atoms with E-state index in [1.807, 2.05) is 13.8 Å². The number of nitrogens with one attached hydrogen (secondary N) is 2. The summed E-state index contributed by atoms with van der Waals surface area (Å²) in [4.78, 5) is 23.9. The Morgan fingerprint density at radius 1 is 1.15 bits per heavy atom. The number of aromatic nitrogens is 4. The van der Waals surface area contributed by atoms with E-state index >= 15 is 0 Å². The van der Waals surface area contributed by atoms with E-state index in [0.29, 0.717) is 34.9 Å². The molecule has 1 aromatic heterocycles. The van der Waals surface area contributed by atoms with Crippen molar-refractivity contribution in [3.05, 3.63) is 24.3 Å². The van der Waals surface area contributed by atoms with Gasteiger partial charge in [0.15, 0.2) is 0 Å². The van der Waals surface area contributed by atoms with Gasteiger partial charge in [0.25, 0.3) is 0 Å². The topological polar surface area (TPSA) is 102 Å². The lowest BCUT2D eigenvalue weighted by Crippen LogP contribution is -2.15. The molecule has 2 aromatic rings. The van der Waals surface area contributed by atoms with Crippen LogP contribution in [0.5, 0.6) is 0 Å². The average molecular weight is 374 g/mol. The maximum Gasteiger partial charge on any atom is 0.234 e. The van der Waals surface area contributed by atoms with E-state index < -0.39 is 0 Å². The molecule has 1 saturated carbocycles. The third-order valence-electron chi connectivity index (χ3n) is 3.73. The van der Waals surface area contributed by atoms with Gasteiger partial charge in [0.05, 0.1) is 11.8 Å². The Balaban J connectivity index is 1.46. The van der Waals surface area contributed by atoms with Crippen molar-refractivity contribution in [3.8, 4) is 0 Å².